The molecule has 2 heterocycles. The highest BCUT2D eigenvalue weighted by Crippen LogP contribution is 2.25. The zero-order valence-corrected chi connectivity index (χ0v) is 18.3. The van der Waals surface area contributed by atoms with Crippen LogP contribution in [0.3, 0.4) is 0 Å². The molecule has 0 radical (unpaired) electrons. The smallest absolute Gasteiger partial charge is 0.263 e. The number of hydrogen-bond donors (Lipinski definition) is 1. The van der Waals surface area contributed by atoms with Crippen molar-refractivity contribution < 1.29 is 14.3 Å². The molecular weight excluding hydrogens is 416 g/mol. The van der Waals surface area contributed by atoms with E-state index < -0.39 is 6.10 Å². The van der Waals surface area contributed by atoms with Crippen molar-refractivity contribution in [3.63, 3.8) is 0 Å². The average Bonchev–Trinajstić information content (AvgIpc) is 2.78. The Morgan fingerprint density at radius 2 is 1.94 bits per heavy atom. The van der Waals surface area contributed by atoms with Crippen molar-refractivity contribution in [3.8, 4) is 11.8 Å². The van der Waals surface area contributed by atoms with Crippen LogP contribution in [0.2, 0.25) is 5.02 Å². The van der Waals surface area contributed by atoms with Gasteiger partial charge < -0.3 is 15.0 Å². The summed E-state index contributed by atoms with van der Waals surface area (Å²) >= 11 is 5.82. The molecule has 0 aliphatic carbocycles. The van der Waals surface area contributed by atoms with Crippen molar-refractivity contribution in [2.24, 2.45) is 11.8 Å². The maximum absolute atomic E-state index is 13.1. The Hall–Kier alpha value is -3.11. The van der Waals surface area contributed by atoms with Gasteiger partial charge in [0.05, 0.1) is 10.6 Å². The van der Waals surface area contributed by atoms with Gasteiger partial charge in [-0.15, -0.1) is 0 Å². The van der Waals surface area contributed by atoms with E-state index in [1.54, 1.807) is 41.3 Å². The number of nitrogens with one attached hydrogen (secondary N) is 1. The van der Waals surface area contributed by atoms with E-state index in [0.29, 0.717) is 48.1 Å². The van der Waals surface area contributed by atoms with Gasteiger partial charge in [0.25, 0.3) is 5.91 Å². The highest BCUT2D eigenvalue weighted by molar-refractivity contribution is 6.30. The molecule has 1 fully saturated rings. The molecule has 0 bridgehead atoms. The van der Waals surface area contributed by atoms with Gasteiger partial charge in [-0.05, 0) is 43.0 Å². The molecule has 1 aliphatic rings. The minimum atomic E-state index is -0.696. The van der Waals surface area contributed by atoms with Gasteiger partial charge >= 0.3 is 0 Å². The third-order valence-corrected chi connectivity index (χ3v) is 5.49. The standard InChI is InChI=1S/C23H25ClN4O3/c1-15(2)21(31-19-6-4-3-5-17(19)13-25)23(30)28-11-9-16(10-12-28)22(29)27-20-8-7-18(24)14-26-20/h3-8,14-16,21H,9-12H2,1-2H3,(H,26,27,29). The van der Waals surface area contributed by atoms with Crippen LogP contribution >= 0.6 is 11.6 Å². The summed E-state index contributed by atoms with van der Waals surface area (Å²) in [6.07, 6.45) is 1.91. The van der Waals surface area contributed by atoms with Crippen LogP contribution in [0.15, 0.2) is 42.6 Å². The minimum Gasteiger partial charge on any atom is -0.479 e. The Labute approximate surface area is 187 Å². The van der Waals surface area contributed by atoms with Crippen LogP contribution in [0.5, 0.6) is 5.75 Å². The van der Waals surface area contributed by atoms with Crippen molar-refractivity contribution in [1.29, 1.82) is 5.26 Å². The van der Waals surface area contributed by atoms with Crippen LogP contribution < -0.4 is 10.1 Å². The first-order valence-electron chi connectivity index (χ1n) is 10.3. The minimum absolute atomic E-state index is 0.0729. The van der Waals surface area contributed by atoms with Gasteiger partial charge in [-0.2, -0.15) is 5.26 Å². The van der Waals surface area contributed by atoms with Crippen molar-refractivity contribution >= 4 is 29.2 Å². The molecule has 8 heteroatoms. The fourth-order valence-electron chi connectivity index (χ4n) is 3.49. The first-order valence-corrected chi connectivity index (χ1v) is 10.6. The van der Waals surface area contributed by atoms with E-state index in [0.717, 1.165) is 0 Å². The maximum Gasteiger partial charge on any atom is 0.263 e. The summed E-state index contributed by atoms with van der Waals surface area (Å²) in [5.41, 5.74) is 0.395. The topological polar surface area (TPSA) is 95.3 Å². The molecule has 0 spiro atoms. The van der Waals surface area contributed by atoms with E-state index in [4.69, 9.17) is 16.3 Å². The fourth-order valence-corrected chi connectivity index (χ4v) is 3.60. The number of nitrogens with zero attached hydrogens (tertiary/aromatic N) is 3. The molecule has 1 aromatic carbocycles. The van der Waals surface area contributed by atoms with Gasteiger partial charge in [0, 0.05) is 25.2 Å². The normalized spacial score (nSPS) is 15.3. The van der Waals surface area contributed by atoms with E-state index in [-0.39, 0.29) is 23.7 Å². The van der Waals surface area contributed by atoms with Crippen molar-refractivity contribution in [3.05, 3.63) is 53.2 Å². The molecule has 1 atom stereocenters. The first-order chi connectivity index (χ1) is 14.9. The molecule has 2 amide bonds. The summed E-state index contributed by atoms with van der Waals surface area (Å²) in [4.78, 5) is 31.5. The quantitative estimate of drug-likeness (QED) is 0.735. The number of para-hydroxylation sites is 1. The molecule has 0 saturated carbocycles. The second kappa shape index (κ2) is 10.3. The molecule has 31 heavy (non-hydrogen) atoms. The number of anilines is 1. The third kappa shape index (κ3) is 5.74. The van der Waals surface area contributed by atoms with Crippen LogP contribution in [-0.2, 0) is 9.59 Å². The third-order valence-electron chi connectivity index (χ3n) is 5.27. The summed E-state index contributed by atoms with van der Waals surface area (Å²) in [5.74, 6) is 0.358. The SMILES string of the molecule is CC(C)C(Oc1ccccc1C#N)C(=O)N1CCC(C(=O)Nc2ccc(Cl)cn2)CC1. The number of likely N-dealkylation sites (tertiary alicyclic amines) is 1. The molecular formula is C23H25ClN4O3. The Kier molecular flexibility index (Phi) is 7.48. The first kappa shape index (κ1) is 22.6. The van der Waals surface area contributed by atoms with Crippen LogP contribution in [0.25, 0.3) is 0 Å². The second-order valence-corrected chi connectivity index (χ2v) is 8.28. The highest BCUT2D eigenvalue weighted by atomic mass is 35.5. The Morgan fingerprint density at radius 3 is 2.55 bits per heavy atom. The van der Waals surface area contributed by atoms with Crippen LogP contribution in [0.4, 0.5) is 5.82 Å². The molecule has 1 saturated heterocycles. The van der Waals surface area contributed by atoms with E-state index >= 15 is 0 Å². The summed E-state index contributed by atoms with van der Waals surface area (Å²) in [6, 6.07) is 12.3. The van der Waals surface area contributed by atoms with Crippen molar-refractivity contribution in [2.75, 3.05) is 18.4 Å². The van der Waals surface area contributed by atoms with Gasteiger partial charge in [-0.25, -0.2) is 4.98 Å². The van der Waals surface area contributed by atoms with Crippen molar-refractivity contribution in [2.45, 2.75) is 32.8 Å². The number of ether oxygens (including phenoxy) is 1. The summed E-state index contributed by atoms with van der Waals surface area (Å²) < 4.78 is 5.96. The van der Waals surface area contributed by atoms with E-state index in [1.165, 1.54) is 6.20 Å². The summed E-state index contributed by atoms with van der Waals surface area (Å²) in [6.45, 7) is 4.77. The molecule has 1 N–H and O–H groups in total. The fraction of sp³-hybridized carbons (Fsp3) is 0.391. The number of pyridine rings is 1. The van der Waals surface area contributed by atoms with Gasteiger partial charge in [0.15, 0.2) is 6.10 Å². The van der Waals surface area contributed by atoms with E-state index in [9.17, 15) is 14.9 Å². The van der Waals surface area contributed by atoms with E-state index in [2.05, 4.69) is 16.4 Å². The number of carbonyl (C=O) groups excluding carboxylic acids is 2. The van der Waals surface area contributed by atoms with Gasteiger partial charge in [0.2, 0.25) is 5.91 Å². The number of carbonyl (C=O) groups is 2. The lowest BCUT2D eigenvalue weighted by Gasteiger charge is -2.34. The monoisotopic (exact) mass is 440 g/mol. The molecule has 1 unspecified atom stereocenters. The Balaban J connectivity index is 1.59. The lowest BCUT2D eigenvalue weighted by molar-refractivity contribution is -0.143. The molecule has 162 valence electrons. The lowest BCUT2D eigenvalue weighted by atomic mass is 9.94. The number of amides is 2. The zero-order valence-electron chi connectivity index (χ0n) is 17.5. The molecule has 3 rings (SSSR count). The number of rotatable bonds is 6. The number of benzene rings is 1. The zero-order chi connectivity index (χ0) is 22.4. The highest BCUT2D eigenvalue weighted by Gasteiger charge is 2.33. The molecule has 1 aromatic heterocycles. The number of piperidine rings is 1. The Bertz CT molecular complexity index is 964. The molecule has 2 aromatic rings. The summed E-state index contributed by atoms with van der Waals surface area (Å²) in [5, 5.41) is 12.6. The second-order valence-electron chi connectivity index (χ2n) is 7.84. The van der Waals surface area contributed by atoms with Crippen LogP contribution in [0, 0.1) is 23.2 Å². The maximum atomic E-state index is 13.1. The average molecular weight is 441 g/mol. The number of aromatic nitrogens is 1. The molecule has 7 nitrogen and oxygen atoms in total. The predicted octanol–water partition coefficient (Wildman–Crippen LogP) is 3.89. The van der Waals surface area contributed by atoms with Crippen LogP contribution in [0.1, 0.15) is 32.3 Å². The Morgan fingerprint density at radius 1 is 1.23 bits per heavy atom. The largest absolute Gasteiger partial charge is 0.479 e. The summed E-state index contributed by atoms with van der Waals surface area (Å²) in [7, 11) is 0. The van der Waals surface area contributed by atoms with Crippen molar-refractivity contribution in [1.82, 2.24) is 9.88 Å². The van der Waals surface area contributed by atoms with E-state index in [1.807, 2.05) is 13.8 Å². The molecule has 1 aliphatic heterocycles. The number of nitriles is 1. The number of halogens is 1. The van der Waals surface area contributed by atoms with Gasteiger partial charge in [-0.3, -0.25) is 9.59 Å². The number of hydrogen-bond acceptors (Lipinski definition) is 5. The van der Waals surface area contributed by atoms with Crippen LogP contribution in [-0.4, -0.2) is 40.9 Å². The lowest BCUT2D eigenvalue weighted by Crippen LogP contribution is -2.49. The predicted molar refractivity (Wildman–Crippen MR) is 118 cm³/mol. The van der Waals surface area contributed by atoms with Gasteiger partial charge in [-0.1, -0.05) is 37.6 Å². The van der Waals surface area contributed by atoms with Gasteiger partial charge in [0.1, 0.15) is 17.6 Å².